The molecule has 104 valence electrons. The average molecular weight is 254 g/mol. The lowest BCUT2D eigenvalue weighted by molar-refractivity contribution is -0.146. The maximum atomic E-state index is 12.6. The van der Waals surface area contributed by atoms with Crippen LogP contribution in [0.4, 0.5) is 0 Å². The van der Waals surface area contributed by atoms with Crippen LogP contribution in [0.2, 0.25) is 0 Å². The zero-order valence-electron chi connectivity index (χ0n) is 11.8. The molecular formula is C14H26N2O2. The lowest BCUT2D eigenvalue weighted by atomic mass is 9.81. The quantitative estimate of drug-likeness (QED) is 0.810. The highest BCUT2D eigenvalue weighted by Crippen LogP contribution is 2.43. The second-order valence-corrected chi connectivity index (χ2v) is 6.49. The van der Waals surface area contributed by atoms with Gasteiger partial charge in [0.15, 0.2) is 0 Å². The lowest BCUT2D eigenvalue weighted by Crippen LogP contribution is -2.53. The van der Waals surface area contributed by atoms with Crippen LogP contribution in [0.3, 0.4) is 0 Å². The maximum absolute atomic E-state index is 12.6. The molecule has 0 aromatic carbocycles. The van der Waals surface area contributed by atoms with E-state index in [0.29, 0.717) is 25.6 Å². The van der Waals surface area contributed by atoms with Crippen LogP contribution in [0, 0.1) is 11.3 Å². The van der Waals surface area contributed by atoms with E-state index in [0.717, 1.165) is 12.8 Å². The molecular weight excluding hydrogens is 228 g/mol. The Labute approximate surface area is 110 Å². The van der Waals surface area contributed by atoms with Crippen molar-refractivity contribution in [1.82, 2.24) is 4.90 Å². The van der Waals surface area contributed by atoms with Crippen molar-refractivity contribution >= 4 is 5.91 Å². The fourth-order valence-corrected chi connectivity index (χ4v) is 3.20. The maximum Gasteiger partial charge on any atom is 0.226 e. The molecule has 4 nitrogen and oxygen atoms in total. The van der Waals surface area contributed by atoms with Crippen molar-refractivity contribution in [3.8, 4) is 0 Å². The first-order valence-electron chi connectivity index (χ1n) is 7.08. The Balaban J connectivity index is 2.00. The van der Waals surface area contributed by atoms with Crippen molar-refractivity contribution in [3.05, 3.63) is 0 Å². The van der Waals surface area contributed by atoms with Crippen molar-refractivity contribution in [1.29, 1.82) is 0 Å². The van der Waals surface area contributed by atoms with Gasteiger partial charge in [-0.1, -0.05) is 20.3 Å². The molecule has 0 bridgehead atoms. The SMILES string of the molecule is CC(N)C1CN(C(=O)C2CCCC2(C)C)CCO1. The Morgan fingerprint density at radius 2 is 2.22 bits per heavy atom. The monoisotopic (exact) mass is 254 g/mol. The molecule has 2 rings (SSSR count). The molecule has 1 saturated heterocycles. The molecule has 1 saturated carbocycles. The summed E-state index contributed by atoms with van der Waals surface area (Å²) in [6.07, 6.45) is 3.35. The molecule has 1 heterocycles. The Bertz CT molecular complexity index is 315. The molecule has 0 aromatic heterocycles. The number of carbonyl (C=O) groups is 1. The van der Waals surface area contributed by atoms with Crippen LogP contribution in [0.15, 0.2) is 0 Å². The minimum atomic E-state index is -0.0165. The number of amides is 1. The van der Waals surface area contributed by atoms with Gasteiger partial charge in [0.1, 0.15) is 0 Å². The molecule has 3 unspecified atom stereocenters. The van der Waals surface area contributed by atoms with E-state index in [4.69, 9.17) is 10.5 Å². The number of rotatable bonds is 2. The summed E-state index contributed by atoms with van der Waals surface area (Å²) >= 11 is 0. The second-order valence-electron chi connectivity index (χ2n) is 6.49. The number of hydrogen-bond donors (Lipinski definition) is 1. The fourth-order valence-electron chi connectivity index (χ4n) is 3.20. The van der Waals surface area contributed by atoms with Crippen LogP contribution in [0.25, 0.3) is 0 Å². The topological polar surface area (TPSA) is 55.6 Å². The number of hydrogen-bond acceptors (Lipinski definition) is 3. The predicted molar refractivity (Wildman–Crippen MR) is 71.1 cm³/mol. The third-order valence-corrected chi connectivity index (χ3v) is 4.55. The Hall–Kier alpha value is -0.610. The fraction of sp³-hybridized carbons (Fsp3) is 0.929. The van der Waals surface area contributed by atoms with E-state index in [2.05, 4.69) is 13.8 Å². The number of morpholine rings is 1. The van der Waals surface area contributed by atoms with E-state index < -0.39 is 0 Å². The minimum Gasteiger partial charge on any atom is -0.373 e. The summed E-state index contributed by atoms with van der Waals surface area (Å²) in [4.78, 5) is 14.6. The van der Waals surface area contributed by atoms with E-state index in [1.165, 1.54) is 6.42 Å². The van der Waals surface area contributed by atoms with Gasteiger partial charge in [0.05, 0.1) is 12.7 Å². The highest BCUT2D eigenvalue weighted by atomic mass is 16.5. The summed E-state index contributed by atoms with van der Waals surface area (Å²) in [5, 5.41) is 0. The Morgan fingerprint density at radius 3 is 2.78 bits per heavy atom. The number of carbonyl (C=O) groups excluding carboxylic acids is 1. The predicted octanol–water partition coefficient (Wildman–Crippen LogP) is 1.39. The van der Waals surface area contributed by atoms with Crippen LogP contribution >= 0.6 is 0 Å². The molecule has 2 N–H and O–H groups in total. The summed E-state index contributed by atoms with van der Waals surface area (Å²) in [7, 11) is 0. The summed E-state index contributed by atoms with van der Waals surface area (Å²) < 4.78 is 5.62. The van der Waals surface area contributed by atoms with Crippen LogP contribution in [0.1, 0.15) is 40.0 Å². The van der Waals surface area contributed by atoms with Crippen LogP contribution in [-0.2, 0) is 9.53 Å². The molecule has 1 aliphatic carbocycles. The summed E-state index contributed by atoms with van der Waals surface area (Å²) in [6, 6.07) is -0.0165. The van der Waals surface area contributed by atoms with Crippen molar-refractivity contribution in [2.24, 2.45) is 17.1 Å². The van der Waals surface area contributed by atoms with E-state index in [9.17, 15) is 4.79 Å². The van der Waals surface area contributed by atoms with Crippen molar-refractivity contribution < 1.29 is 9.53 Å². The van der Waals surface area contributed by atoms with Gasteiger partial charge < -0.3 is 15.4 Å². The molecule has 0 radical (unpaired) electrons. The van der Waals surface area contributed by atoms with Gasteiger partial charge in [-0.15, -0.1) is 0 Å². The molecule has 0 spiro atoms. The molecule has 2 fully saturated rings. The smallest absolute Gasteiger partial charge is 0.226 e. The third kappa shape index (κ3) is 2.69. The second kappa shape index (κ2) is 5.17. The molecule has 0 aromatic rings. The highest BCUT2D eigenvalue weighted by Gasteiger charge is 2.42. The van der Waals surface area contributed by atoms with Gasteiger partial charge in [0, 0.05) is 25.0 Å². The molecule has 4 heteroatoms. The van der Waals surface area contributed by atoms with Crippen molar-refractivity contribution in [2.45, 2.75) is 52.2 Å². The Kier molecular flexibility index (Phi) is 3.97. The van der Waals surface area contributed by atoms with Gasteiger partial charge in [-0.05, 0) is 25.2 Å². The van der Waals surface area contributed by atoms with Crippen LogP contribution in [-0.4, -0.2) is 42.6 Å². The van der Waals surface area contributed by atoms with E-state index in [-0.39, 0.29) is 23.5 Å². The molecule has 1 aliphatic heterocycles. The first-order valence-corrected chi connectivity index (χ1v) is 7.08. The van der Waals surface area contributed by atoms with E-state index in [1.807, 2.05) is 11.8 Å². The van der Waals surface area contributed by atoms with Crippen molar-refractivity contribution in [2.75, 3.05) is 19.7 Å². The van der Waals surface area contributed by atoms with Crippen LogP contribution in [0.5, 0.6) is 0 Å². The van der Waals surface area contributed by atoms with Gasteiger partial charge in [-0.3, -0.25) is 4.79 Å². The van der Waals surface area contributed by atoms with Gasteiger partial charge in [-0.25, -0.2) is 0 Å². The molecule has 2 aliphatic rings. The number of nitrogens with two attached hydrogens (primary N) is 1. The van der Waals surface area contributed by atoms with Crippen molar-refractivity contribution in [3.63, 3.8) is 0 Å². The Morgan fingerprint density at radius 1 is 1.50 bits per heavy atom. The zero-order chi connectivity index (χ0) is 13.3. The van der Waals surface area contributed by atoms with Gasteiger partial charge in [0.2, 0.25) is 5.91 Å². The van der Waals surface area contributed by atoms with Gasteiger partial charge in [-0.2, -0.15) is 0 Å². The first-order chi connectivity index (χ1) is 8.42. The average Bonchev–Trinajstić information content (AvgIpc) is 2.68. The number of ether oxygens (including phenoxy) is 1. The molecule has 3 atom stereocenters. The van der Waals surface area contributed by atoms with Gasteiger partial charge in [0.25, 0.3) is 0 Å². The van der Waals surface area contributed by atoms with Crippen LogP contribution < -0.4 is 5.73 Å². The third-order valence-electron chi connectivity index (χ3n) is 4.55. The molecule has 1 amide bonds. The van der Waals surface area contributed by atoms with E-state index >= 15 is 0 Å². The lowest BCUT2D eigenvalue weighted by Gasteiger charge is -2.38. The first kappa shape index (κ1) is 13.8. The summed E-state index contributed by atoms with van der Waals surface area (Å²) in [6.45, 7) is 8.36. The summed E-state index contributed by atoms with van der Waals surface area (Å²) in [5.41, 5.74) is 6.03. The minimum absolute atomic E-state index is 0.00721. The highest BCUT2D eigenvalue weighted by molar-refractivity contribution is 5.80. The number of nitrogens with zero attached hydrogens (tertiary/aromatic N) is 1. The van der Waals surface area contributed by atoms with E-state index in [1.54, 1.807) is 0 Å². The standard InChI is InChI=1S/C14H26N2O2/c1-10(15)12-9-16(7-8-18-12)13(17)11-5-4-6-14(11,2)3/h10-12H,4-9,15H2,1-3H3. The van der Waals surface area contributed by atoms with Gasteiger partial charge >= 0.3 is 0 Å². The zero-order valence-corrected chi connectivity index (χ0v) is 11.8. The largest absolute Gasteiger partial charge is 0.373 e. The normalized spacial score (nSPS) is 33.4. The summed E-state index contributed by atoms with van der Waals surface area (Å²) in [5.74, 6) is 0.496. The molecule has 18 heavy (non-hydrogen) atoms.